The van der Waals surface area contributed by atoms with E-state index in [2.05, 4.69) is 53.7 Å². The summed E-state index contributed by atoms with van der Waals surface area (Å²) in [5.74, 6) is 5.32. The summed E-state index contributed by atoms with van der Waals surface area (Å²) in [5, 5.41) is 0. The Bertz CT molecular complexity index is 701. The van der Waals surface area contributed by atoms with Crippen LogP contribution in [0, 0.1) is 46.3 Å². The molecule has 1 nitrogen and oxygen atoms in total. The Kier molecular flexibility index (Phi) is 6.85. The topological polar surface area (TPSA) is 9.23 Å². The standard InChI is InChI=1S/C30H50O/c1-8-22(20(2)3)10-9-21(4)26-13-14-27-25-12-11-23-19-24(31-7)15-17-29(23,5)28(25)16-18-30(26,27)6/h8,11,20-21,24-28H,9-10,12-19H2,1-7H3/b22-8+/t21-,24+,25+,26-,27+,28+,29+,30-/m1/s1. The average molecular weight is 427 g/mol. The lowest BCUT2D eigenvalue weighted by atomic mass is 9.47. The number of hydrogen-bond donors (Lipinski definition) is 0. The molecule has 0 radical (unpaired) electrons. The molecule has 0 heterocycles. The average Bonchev–Trinajstić information content (AvgIpc) is 3.10. The van der Waals surface area contributed by atoms with Crippen LogP contribution in [-0.4, -0.2) is 13.2 Å². The SMILES string of the molecule is C/C=C(\CC[C@@H](C)[C@H]1CC[C@H]2[C@@H]3CC=C4C[C@@H](OC)CC[C@]4(C)[C@H]3CC[C@]12C)C(C)C. The highest BCUT2D eigenvalue weighted by atomic mass is 16.5. The van der Waals surface area contributed by atoms with Gasteiger partial charge in [-0.25, -0.2) is 0 Å². The highest BCUT2D eigenvalue weighted by molar-refractivity contribution is 5.25. The molecule has 4 rings (SSSR count). The minimum absolute atomic E-state index is 0.459. The van der Waals surface area contributed by atoms with E-state index in [9.17, 15) is 0 Å². The molecule has 0 aromatic heterocycles. The molecule has 1 heteroatoms. The van der Waals surface area contributed by atoms with Gasteiger partial charge in [-0.1, -0.05) is 57.9 Å². The molecule has 31 heavy (non-hydrogen) atoms. The number of hydrogen-bond acceptors (Lipinski definition) is 1. The lowest BCUT2D eigenvalue weighted by Crippen LogP contribution is -2.50. The first-order valence-electron chi connectivity index (χ1n) is 13.6. The summed E-state index contributed by atoms with van der Waals surface area (Å²) in [7, 11) is 1.91. The Labute approximate surface area is 193 Å². The molecule has 0 saturated heterocycles. The van der Waals surface area contributed by atoms with Crippen LogP contribution in [0.4, 0.5) is 0 Å². The number of fused-ring (bicyclic) bond motifs is 5. The Hall–Kier alpha value is -0.560. The minimum atomic E-state index is 0.459. The molecule has 0 aliphatic heterocycles. The third-order valence-corrected chi connectivity index (χ3v) is 11.2. The first-order valence-corrected chi connectivity index (χ1v) is 13.6. The fourth-order valence-corrected chi connectivity index (χ4v) is 9.17. The van der Waals surface area contributed by atoms with Crippen molar-refractivity contribution in [2.24, 2.45) is 46.3 Å². The molecule has 3 fully saturated rings. The highest BCUT2D eigenvalue weighted by Gasteiger charge is 2.59. The first-order chi connectivity index (χ1) is 14.7. The molecule has 8 atom stereocenters. The van der Waals surface area contributed by atoms with Gasteiger partial charge in [-0.15, -0.1) is 0 Å². The molecule has 0 amide bonds. The van der Waals surface area contributed by atoms with Gasteiger partial charge in [0.15, 0.2) is 0 Å². The van der Waals surface area contributed by atoms with Crippen molar-refractivity contribution in [2.45, 2.75) is 112 Å². The number of methoxy groups -OCH3 is 1. The van der Waals surface area contributed by atoms with Gasteiger partial charge in [0.2, 0.25) is 0 Å². The molecular formula is C30H50O. The zero-order valence-electron chi connectivity index (χ0n) is 21.7. The van der Waals surface area contributed by atoms with E-state index in [4.69, 9.17) is 4.74 Å². The van der Waals surface area contributed by atoms with Crippen LogP contribution in [0.5, 0.6) is 0 Å². The van der Waals surface area contributed by atoms with E-state index >= 15 is 0 Å². The quantitative estimate of drug-likeness (QED) is 0.386. The van der Waals surface area contributed by atoms with E-state index in [-0.39, 0.29) is 0 Å². The van der Waals surface area contributed by atoms with Crippen molar-refractivity contribution in [2.75, 3.05) is 7.11 Å². The Morgan fingerprint density at radius 2 is 1.87 bits per heavy atom. The van der Waals surface area contributed by atoms with Crippen LogP contribution < -0.4 is 0 Å². The van der Waals surface area contributed by atoms with Crippen LogP contribution in [0.2, 0.25) is 0 Å². The van der Waals surface area contributed by atoms with E-state index < -0.39 is 0 Å². The second kappa shape index (κ2) is 9.00. The number of ether oxygens (including phenoxy) is 1. The summed E-state index contributed by atoms with van der Waals surface area (Å²) in [6, 6.07) is 0. The smallest absolute Gasteiger partial charge is 0.0608 e. The maximum absolute atomic E-state index is 5.76. The van der Waals surface area contributed by atoms with Crippen molar-refractivity contribution in [1.82, 2.24) is 0 Å². The Morgan fingerprint density at radius 3 is 2.55 bits per heavy atom. The van der Waals surface area contributed by atoms with E-state index in [1.165, 1.54) is 64.2 Å². The monoisotopic (exact) mass is 426 g/mol. The van der Waals surface area contributed by atoms with Crippen molar-refractivity contribution < 1.29 is 4.74 Å². The lowest BCUT2D eigenvalue weighted by molar-refractivity contribution is -0.0600. The summed E-state index contributed by atoms with van der Waals surface area (Å²) in [6.07, 6.45) is 19.3. The maximum Gasteiger partial charge on any atom is 0.0608 e. The van der Waals surface area contributed by atoms with E-state index in [1.54, 1.807) is 11.1 Å². The van der Waals surface area contributed by atoms with Gasteiger partial charge in [0, 0.05) is 7.11 Å². The minimum Gasteiger partial charge on any atom is -0.381 e. The molecule has 0 unspecified atom stereocenters. The molecule has 176 valence electrons. The summed E-state index contributed by atoms with van der Waals surface area (Å²) >= 11 is 0. The first kappa shape index (κ1) is 23.6. The van der Waals surface area contributed by atoms with Gasteiger partial charge in [0.25, 0.3) is 0 Å². The Morgan fingerprint density at radius 1 is 1.10 bits per heavy atom. The van der Waals surface area contributed by atoms with Gasteiger partial charge >= 0.3 is 0 Å². The molecule has 4 aliphatic rings. The van der Waals surface area contributed by atoms with Crippen molar-refractivity contribution >= 4 is 0 Å². The van der Waals surface area contributed by atoms with Gasteiger partial charge in [-0.3, -0.25) is 0 Å². The number of allylic oxidation sites excluding steroid dienone is 3. The van der Waals surface area contributed by atoms with E-state index in [0.717, 1.165) is 29.6 Å². The third kappa shape index (κ3) is 4.00. The second-order valence-corrected chi connectivity index (χ2v) is 12.6. The predicted octanol–water partition coefficient (Wildman–Crippen LogP) is 8.60. The largest absolute Gasteiger partial charge is 0.381 e. The molecular weight excluding hydrogens is 376 g/mol. The zero-order valence-corrected chi connectivity index (χ0v) is 21.7. The van der Waals surface area contributed by atoms with Crippen molar-refractivity contribution in [3.63, 3.8) is 0 Å². The zero-order chi connectivity index (χ0) is 22.4. The van der Waals surface area contributed by atoms with E-state index in [0.29, 0.717) is 22.9 Å². The normalized spacial score (nSPS) is 43.8. The van der Waals surface area contributed by atoms with Gasteiger partial charge < -0.3 is 4.74 Å². The molecule has 0 N–H and O–H groups in total. The van der Waals surface area contributed by atoms with Crippen LogP contribution in [0.3, 0.4) is 0 Å². The van der Waals surface area contributed by atoms with Crippen LogP contribution in [-0.2, 0) is 4.74 Å². The molecule has 0 aromatic rings. The Balaban J connectivity index is 1.48. The van der Waals surface area contributed by atoms with Crippen LogP contribution >= 0.6 is 0 Å². The summed E-state index contributed by atoms with van der Waals surface area (Å²) in [6.45, 7) is 14.9. The summed E-state index contributed by atoms with van der Waals surface area (Å²) in [4.78, 5) is 0. The summed E-state index contributed by atoms with van der Waals surface area (Å²) < 4.78 is 5.76. The molecule has 0 bridgehead atoms. The number of rotatable bonds is 6. The van der Waals surface area contributed by atoms with E-state index in [1.807, 2.05) is 7.11 Å². The highest BCUT2D eigenvalue weighted by Crippen LogP contribution is 2.67. The van der Waals surface area contributed by atoms with Crippen molar-refractivity contribution in [1.29, 1.82) is 0 Å². The molecule has 4 aliphatic carbocycles. The third-order valence-electron chi connectivity index (χ3n) is 11.2. The molecule has 3 saturated carbocycles. The van der Waals surface area contributed by atoms with Crippen molar-refractivity contribution in [3.05, 3.63) is 23.3 Å². The van der Waals surface area contributed by atoms with Crippen LogP contribution in [0.1, 0.15) is 106 Å². The van der Waals surface area contributed by atoms with Gasteiger partial charge in [0.1, 0.15) is 0 Å². The van der Waals surface area contributed by atoms with Gasteiger partial charge in [-0.05, 0) is 117 Å². The summed E-state index contributed by atoms with van der Waals surface area (Å²) in [5.41, 5.74) is 4.46. The van der Waals surface area contributed by atoms with Crippen LogP contribution in [0.15, 0.2) is 23.3 Å². The van der Waals surface area contributed by atoms with Crippen LogP contribution in [0.25, 0.3) is 0 Å². The lowest BCUT2D eigenvalue weighted by Gasteiger charge is -2.58. The maximum atomic E-state index is 5.76. The van der Waals surface area contributed by atoms with Crippen molar-refractivity contribution in [3.8, 4) is 0 Å². The molecule has 0 aromatic carbocycles. The predicted molar refractivity (Wildman–Crippen MR) is 133 cm³/mol. The molecule has 0 spiro atoms. The second-order valence-electron chi connectivity index (χ2n) is 12.6. The fraction of sp³-hybridized carbons (Fsp3) is 0.867. The fourth-order valence-electron chi connectivity index (χ4n) is 9.17. The van der Waals surface area contributed by atoms with Gasteiger partial charge in [0.05, 0.1) is 6.10 Å². The van der Waals surface area contributed by atoms with Gasteiger partial charge in [-0.2, -0.15) is 0 Å².